The fourth-order valence-corrected chi connectivity index (χ4v) is 2.51. The molecule has 0 radical (unpaired) electrons. The maximum atomic E-state index is 11.1. The Hall–Kier alpha value is -2.73. The monoisotopic (exact) mass is 342 g/mol. The molecule has 0 aliphatic carbocycles. The summed E-state index contributed by atoms with van der Waals surface area (Å²) in [6, 6.07) is 9.12. The number of nitrogens with zero attached hydrogens (tertiary/aromatic N) is 4. The third kappa shape index (κ3) is 3.28. The summed E-state index contributed by atoms with van der Waals surface area (Å²) >= 11 is 5.99. The minimum Gasteiger partial charge on any atom is -0.481 e. The molecule has 0 amide bonds. The van der Waals surface area contributed by atoms with E-state index in [9.17, 15) is 4.79 Å². The van der Waals surface area contributed by atoms with Gasteiger partial charge in [-0.2, -0.15) is 0 Å². The molecule has 0 fully saturated rings. The van der Waals surface area contributed by atoms with Crippen molar-refractivity contribution in [1.82, 2.24) is 9.38 Å². The Balaban J connectivity index is 2.11. The summed E-state index contributed by atoms with van der Waals surface area (Å²) in [7, 11) is 0. The molecule has 2 aromatic heterocycles. The zero-order valence-corrected chi connectivity index (χ0v) is 13.9. The molecule has 122 valence electrons. The van der Waals surface area contributed by atoms with E-state index in [0.29, 0.717) is 27.9 Å². The number of aryl methyl sites for hydroxylation is 2. The summed E-state index contributed by atoms with van der Waals surface area (Å²) in [6.07, 6.45) is 1.59. The molecule has 6 nitrogen and oxygen atoms in total. The molecule has 7 heteroatoms. The summed E-state index contributed by atoms with van der Waals surface area (Å²) in [5.74, 6) is -0.558. The summed E-state index contributed by atoms with van der Waals surface area (Å²) < 4.78 is 1.73. The highest BCUT2D eigenvalue weighted by Crippen LogP contribution is 2.28. The largest absolute Gasteiger partial charge is 0.481 e. The molecular formula is C17H15ClN4O2. The van der Waals surface area contributed by atoms with E-state index in [1.807, 2.05) is 38.2 Å². The highest BCUT2D eigenvalue weighted by atomic mass is 35.5. The number of halogens is 1. The molecule has 3 aromatic rings. The second kappa shape index (κ2) is 6.41. The van der Waals surface area contributed by atoms with Crippen molar-refractivity contribution < 1.29 is 9.90 Å². The van der Waals surface area contributed by atoms with E-state index in [0.717, 1.165) is 11.1 Å². The average Bonchev–Trinajstić information content (AvgIpc) is 2.83. The predicted molar refractivity (Wildman–Crippen MR) is 91.6 cm³/mol. The molecule has 0 atom stereocenters. The first-order chi connectivity index (χ1) is 11.4. The van der Waals surface area contributed by atoms with Gasteiger partial charge in [0.25, 0.3) is 0 Å². The first-order valence-corrected chi connectivity index (χ1v) is 7.69. The van der Waals surface area contributed by atoms with Gasteiger partial charge < -0.3 is 5.11 Å². The Bertz CT molecular complexity index is 963. The van der Waals surface area contributed by atoms with Gasteiger partial charge >= 0.3 is 5.97 Å². The van der Waals surface area contributed by atoms with Crippen LogP contribution in [0.15, 0.2) is 46.8 Å². The van der Waals surface area contributed by atoms with Crippen molar-refractivity contribution in [2.75, 3.05) is 0 Å². The van der Waals surface area contributed by atoms with E-state index in [1.54, 1.807) is 16.5 Å². The van der Waals surface area contributed by atoms with Crippen LogP contribution in [0.25, 0.3) is 5.65 Å². The quantitative estimate of drug-likeness (QED) is 0.701. The maximum absolute atomic E-state index is 11.1. The Labute approximate surface area is 143 Å². The van der Waals surface area contributed by atoms with Gasteiger partial charge in [-0.05, 0) is 49.2 Å². The van der Waals surface area contributed by atoms with E-state index >= 15 is 0 Å². The van der Waals surface area contributed by atoms with Crippen molar-refractivity contribution in [3.8, 4) is 0 Å². The molecule has 0 saturated carbocycles. The molecular weight excluding hydrogens is 328 g/mol. The minimum absolute atomic E-state index is 0.219. The van der Waals surface area contributed by atoms with Crippen LogP contribution in [0, 0.1) is 13.8 Å². The van der Waals surface area contributed by atoms with Gasteiger partial charge in [0.2, 0.25) is 0 Å². The van der Waals surface area contributed by atoms with Gasteiger partial charge in [-0.25, -0.2) is 4.98 Å². The molecule has 24 heavy (non-hydrogen) atoms. The Morgan fingerprint density at radius 3 is 2.79 bits per heavy atom. The van der Waals surface area contributed by atoms with E-state index in [4.69, 9.17) is 16.7 Å². The van der Waals surface area contributed by atoms with Gasteiger partial charge in [-0.15, -0.1) is 10.2 Å². The van der Waals surface area contributed by atoms with E-state index in [2.05, 4.69) is 15.2 Å². The molecule has 0 unspecified atom stereocenters. The summed E-state index contributed by atoms with van der Waals surface area (Å²) in [5.41, 5.74) is 3.60. The molecule has 0 aliphatic heterocycles. The third-order valence-electron chi connectivity index (χ3n) is 3.57. The zero-order chi connectivity index (χ0) is 17.3. The van der Waals surface area contributed by atoms with Gasteiger partial charge in [0.1, 0.15) is 5.65 Å². The number of benzene rings is 1. The lowest BCUT2D eigenvalue weighted by atomic mass is 10.2. The number of carbonyl (C=O) groups is 1. The number of aromatic nitrogens is 2. The SMILES string of the molecule is Cc1ccn2c(N=Nc3cc(Cl)ccc3C)c(CC(=O)O)nc2c1. The average molecular weight is 343 g/mol. The van der Waals surface area contributed by atoms with Gasteiger partial charge in [0.05, 0.1) is 17.8 Å². The van der Waals surface area contributed by atoms with Crippen molar-refractivity contribution >= 4 is 34.7 Å². The van der Waals surface area contributed by atoms with Crippen LogP contribution in [-0.4, -0.2) is 20.5 Å². The number of azo groups is 1. The van der Waals surface area contributed by atoms with Crippen LogP contribution in [0.5, 0.6) is 0 Å². The van der Waals surface area contributed by atoms with Gasteiger partial charge in [0.15, 0.2) is 5.82 Å². The number of hydrogen-bond acceptors (Lipinski definition) is 4. The molecule has 0 aliphatic rings. The van der Waals surface area contributed by atoms with Crippen LogP contribution >= 0.6 is 11.6 Å². The summed E-state index contributed by atoms with van der Waals surface area (Å²) in [4.78, 5) is 15.5. The highest BCUT2D eigenvalue weighted by Gasteiger charge is 2.15. The van der Waals surface area contributed by atoms with E-state index in [1.165, 1.54) is 0 Å². The first-order valence-electron chi connectivity index (χ1n) is 7.31. The number of imidazole rings is 1. The fourth-order valence-electron chi connectivity index (χ4n) is 2.34. The van der Waals surface area contributed by atoms with Crippen LogP contribution in [0.4, 0.5) is 11.5 Å². The van der Waals surface area contributed by atoms with Gasteiger partial charge in [-0.3, -0.25) is 9.20 Å². The normalized spacial score (nSPS) is 11.5. The molecule has 1 N–H and O–H groups in total. The predicted octanol–water partition coefficient (Wildman–Crippen LogP) is 4.65. The summed E-state index contributed by atoms with van der Waals surface area (Å²) in [5, 5.41) is 18.2. The first kappa shape index (κ1) is 16.1. The van der Waals surface area contributed by atoms with Gasteiger partial charge in [-0.1, -0.05) is 17.7 Å². The maximum Gasteiger partial charge on any atom is 0.309 e. The number of hydrogen-bond donors (Lipinski definition) is 1. The minimum atomic E-state index is -0.967. The standard InChI is InChI=1S/C17H15ClN4O2/c1-10-5-6-22-15(7-10)19-14(9-16(23)24)17(22)21-20-13-8-12(18)4-3-11(13)2/h3-8H,9H2,1-2H3,(H,23,24). The van der Waals surface area contributed by atoms with Crippen molar-refractivity contribution in [2.24, 2.45) is 10.2 Å². The van der Waals surface area contributed by atoms with Crippen LogP contribution in [0.1, 0.15) is 16.8 Å². The summed E-state index contributed by atoms with van der Waals surface area (Å²) in [6.45, 7) is 3.85. The lowest BCUT2D eigenvalue weighted by molar-refractivity contribution is -0.136. The number of carboxylic acids is 1. The van der Waals surface area contributed by atoms with Crippen LogP contribution < -0.4 is 0 Å². The van der Waals surface area contributed by atoms with Crippen molar-refractivity contribution in [3.05, 3.63) is 58.4 Å². The van der Waals surface area contributed by atoms with Crippen LogP contribution in [0.2, 0.25) is 5.02 Å². The van der Waals surface area contributed by atoms with Crippen LogP contribution in [-0.2, 0) is 11.2 Å². The topological polar surface area (TPSA) is 79.3 Å². The Kier molecular flexibility index (Phi) is 4.31. The van der Waals surface area contributed by atoms with E-state index in [-0.39, 0.29) is 6.42 Å². The zero-order valence-electron chi connectivity index (χ0n) is 13.2. The lowest BCUT2D eigenvalue weighted by Crippen LogP contribution is -2.00. The molecule has 0 saturated heterocycles. The fraction of sp³-hybridized carbons (Fsp3) is 0.176. The third-order valence-corrected chi connectivity index (χ3v) is 3.80. The number of fused-ring (bicyclic) bond motifs is 1. The molecule has 0 bridgehead atoms. The van der Waals surface area contributed by atoms with Crippen molar-refractivity contribution in [2.45, 2.75) is 20.3 Å². The van der Waals surface area contributed by atoms with Crippen molar-refractivity contribution in [1.29, 1.82) is 0 Å². The number of rotatable bonds is 4. The highest BCUT2D eigenvalue weighted by molar-refractivity contribution is 6.30. The number of carboxylic acid groups (broad SMARTS) is 1. The van der Waals surface area contributed by atoms with Crippen LogP contribution in [0.3, 0.4) is 0 Å². The van der Waals surface area contributed by atoms with Crippen molar-refractivity contribution in [3.63, 3.8) is 0 Å². The molecule has 2 heterocycles. The second-order valence-corrected chi connectivity index (χ2v) is 5.95. The smallest absolute Gasteiger partial charge is 0.309 e. The Morgan fingerprint density at radius 2 is 2.04 bits per heavy atom. The Morgan fingerprint density at radius 1 is 1.25 bits per heavy atom. The molecule has 1 aromatic carbocycles. The number of aliphatic carboxylic acids is 1. The molecule has 3 rings (SSSR count). The number of pyridine rings is 1. The van der Waals surface area contributed by atoms with Gasteiger partial charge in [0, 0.05) is 11.2 Å². The lowest BCUT2D eigenvalue weighted by Gasteiger charge is -2.01. The second-order valence-electron chi connectivity index (χ2n) is 5.52. The van der Waals surface area contributed by atoms with E-state index < -0.39 is 5.97 Å². The molecule has 0 spiro atoms.